The molecule has 3 nitrogen and oxygen atoms in total. The molecule has 1 heterocycles. The fraction of sp³-hybridized carbons (Fsp3) is 0.294. The molecule has 0 spiro atoms. The van der Waals surface area contributed by atoms with Crippen LogP contribution in [0.2, 0.25) is 0 Å². The van der Waals surface area contributed by atoms with E-state index in [0.29, 0.717) is 11.3 Å². The number of imide groups is 1. The van der Waals surface area contributed by atoms with Crippen molar-refractivity contribution in [1.82, 2.24) is 0 Å². The first-order valence-electron chi connectivity index (χ1n) is 6.83. The number of rotatable bonds is 1. The minimum atomic E-state index is -0.160. The number of anilines is 1. The second kappa shape index (κ2) is 3.83. The highest BCUT2D eigenvalue weighted by atomic mass is 16.2. The summed E-state index contributed by atoms with van der Waals surface area (Å²) >= 11 is 0. The Kier molecular flexibility index (Phi) is 2.20. The molecular formula is C17H13NO2. The van der Waals surface area contributed by atoms with Crippen LogP contribution in [0.4, 0.5) is 5.69 Å². The smallest absolute Gasteiger partial charge is 0.238 e. The minimum Gasteiger partial charge on any atom is -0.274 e. The van der Waals surface area contributed by atoms with Crippen LogP contribution >= 0.6 is 0 Å². The van der Waals surface area contributed by atoms with Crippen LogP contribution in [0, 0.1) is 36.0 Å². The number of fused-ring (bicyclic) bond motifs is 5. The van der Waals surface area contributed by atoms with Gasteiger partial charge in [0.2, 0.25) is 11.8 Å². The lowest BCUT2D eigenvalue weighted by molar-refractivity contribution is -0.123. The maximum atomic E-state index is 12.6. The minimum absolute atomic E-state index is 0.0639. The molecule has 0 N–H and O–H groups in total. The van der Waals surface area contributed by atoms with Gasteiger partial charge in [0, 0.05) is 5.56 Å². The Balaban J connectivity index is 1.76. The second-order valence-corrected chi connectivity index (χ2v) is 5.71. The molecule has 98 valence electrons. The summed E-state index contributed by atoms with van der Waals surface area (Å²) in [5, 5.41) is 0. The molecule has 2 amide bonds. The highest BCUT2D eigenvalue weighted by Crippen LogP contribution is 2.53. The summed E-state index contributed by atoms with van der Waals surface area (Å²) in [5.41, 5.74) is 1.28. The van der Waals surface area contributed by atoms with Gasteiger partial charge in [0.05, 0.1) is 17.5 Å². The lowest BCUT2D eigenvalue weighted by Gasteiger charge is -2.17. The molecule has 3 heteroatoms. The molecule has 4 rings (SSSR count). The Labute approximate surface area is 117 Å². The van der Waals surface area contributed by atoms with Crippen LogP contribution in [0.25, 0.3) is 0 Å². The van der Waals surface area contributed by atoms with Crippen molar-refractivity contribution in [2.75, 3.05) is 4.90 Å². The van der Waals surface area contributed by atoms with Gasteiger partial charge in [-0.25, -0.2) is 4.90 Å². The van der Waals surface area contributed by atoms with E-state index >= 15 is 0 Å². The van der Waals surface area contributed by atoms with Crippen molar-refractivity contribution in [2.45, 2.75) is 6.42 Å². The van der Waals surface area contributed by atoms with Crippen LogP contribution in [-0.2, 0) is 9.59 Å². The van der Waals surface area contributed by atoms with Crippen molar-refractivity contribution in [3.8, 4) is 12.3 Å². The first-order chi connectivity index (χ1) is 9.70. The maximum Gasteiger partial charge on any atom is 0.238 e. The molecule has 2 aliphatic carbocycles. The second-order valence-electron chi connectivity index (χ2n) is 5.71. The zero-order valence-corrected chi connectivity index (χ0v) is 10.8. The lowest BCUT2D eigenvalue weighted by Crippen LogP contribution is -2.32. The van der Waals surface area contributed by atoms with Gasteiger partial charge in [0.25, 0.3) is 0 Å². The number of terminal acetylenes is 1. The van der Waals surface area contributed by atoms with E-state index in [4.69, 9.17) is 6.42 Å². The first-order valence-corrected chi connectivity index (χ1v) is 6.83. The molecular weight excluding hydrogens is 250 g/mol. The quantitative estimate of drug-likeness (QED) is 0.441. The predicted octanol–water partition coefficient (Wildman–Crippen LogP) is 1.98. The van der Waals surface area contributed by atoms with Crippen molar-refractivity contribution < 1.29 is 9.59 Å². The van der Waals surface area contributed by atoms with E-state index in [0.717, 1.165) is 6.42 Å². The normalized spacial score (nSPS) is 33.6. The Hall–Kier alpha value is -2.34. The molecule has 3 aliphatic rings. The van der Waals surface area contributed by atoms with Crippen molar-refractivity contribution in [3.63, 3.8) is 0 Å². The molecule has 1 aliphatic heterocycles. The Bertz CT molecular complexity index is 667. The van der Waals surface area contributed by atoms with Crippen molar-refractivity contribution in [1.29, 1.82) is 0 Å². The van der Waals surface area contributed by atoms with Gasteiger partial charge in [-0.2, -0.15) is 0 Å². The highest BCUT2D eigenvalue weighted by Gasteiger charge is 2.59. The zero-order chi connectivity index (χ0) is 13.9. The fourth-order valence-corrected chi connectivity index (χ4v) is 3.89. The SMILES string of the molecule is C#Cc1cccc(N2C(=O)[C@@H]3[C@@H](C2=O)[C@H]2C=C[C@@H]3C2)c1. The monoisotopic (exact) mass is 263 g/mol. The van der Waals surface area contributed by atoms with E-state index in [2.05, 4.69) is 18.1 Å². The van der Waals surface area contributed by atoms with Crippen LogP contribution < -0.4 is 4.90 Å². The summed E-state index contributed by atoms with van der Waals surface area (Å²) < 4.78 is 0. The van der Waals surface area contributed by atoms with Gasteiger partial charge in [0.1, 0.15) is 0 Å². The molecule has 1 aromatic rings. The van der Waals surface area contributed by atoms with Crippen LogP contribution in [-0.4, -0.2) is 11.8 Å². The third-order valence-electron chi connectivity index (χ3n) is 4.74. The number of hydrogen-bond donors (Lipinski definition) is 0. The number of carbonyl (C=O) groups excluding carboxylic acids is 2. The van der Waals surface area contributed by atoms with E-state index in [-0.39, 0.29) is 35.5 Å². The number of benzene rings is 1. The van der Waals surface area contributed by atoms with E-state index in [1.165, 1.54) is 4.90 Å². The standard InChI is InChI=1S/C17H13NO2/c1-2-10-4-3-5-13(8-10)18-16(19)14-11-6-7-12(9-11)15(14)17(18)20/h1,3-8,11-12,14-15H,9H2/t11-,12+,14-,15-/m0/s1. The molecule has 2 fully saturated rings. The number of nitrogens with zero attached hydrogens (tertiary/aromatic N) is 1. The molecule has 0 aromatic heterocycles. The molecule has 20 heavy (non-hydrogen) atoms. The van der Waals surface area contributed by atoms with Gasteiger partial charge in [-0.1, -0.05) is 24.1 Å². The van der Waals surface area contributed by atoms with Crippen molar-refractivity contribution in [3.05, 3.63) is 42.0 Å². The van der Waals surface area contributed by atoms with Crippen LogP contribution in [0.15, 0.2) is 36.4 Å². The van der Waals surface area contributed by atoms with Crippen molar-refractivity contribution in [2.24, 2.45) is 23.7 Å². The van der Waals surface area contributed by atoms with Gasteiger partial charge < -0.3 is 0 Å². The Morgan fingerprint density at radius 1 is 1.10 bits per heavy atom. The zero-order valence-electron chi connectivity index (χ0n) is 10.8. The highest BCUT2D eigenvalue weighted by molar-refractivity contribution is 6.22. The summed E-state index contributed by atoms with van der Waals surface area (Å²) in [7, 11) is 0. The van der Waals surface area contributed by atoms with Crippen molar-refractivity contribution >= 4 is 17.5 Å². The molecule has 0 unspecified atom stereocenters. The van der Waals surface area contributed by atoms with Crippen LogP contribution in [0.5, 0.6) is 0 Å². The van der Waals surface area contributed by atoms with E-state index < -0.39 is 0 Å². The summed E-state index contributed by atoms with van der Waals surface area (Å²) in [4.78, 5) is 26.5. The largest absolute Gasteiger partial charge is 0.274 e. The molecule has 1 aromatic carbocycles. The number of allylic oxidation sites excluding steroid dienone is 2. The van der Waals surface area contributed by atoms with Gasteiger partial charge in [-0.05, 0) is 36.5 Å². The molecule has 2 bridgehead atoms. The van der Waals surface area contributed by atoms with E-state index in [1.54, 1.807) is 24.3 Å². The summed E-state index contributed by atoms with van der Waals surface area (Å²) in [6.07, 6.45) is 10.5. The fourth-order valence-electron chi connectivity index (χ4n) is 3.89. The Morgan fingerprint density at radius 2 is 1.75 bits per heavy atom. The van der Waals surface area contributed by atoms with Crippen LogP contribution in [0.1, 0.15) is 12.0 Å². The molecule has 4 atom stereocenters. The summed E-state index contributed by atoms with van der Waals surface area (Å²) in [6, 6.07) is 7.08. The molecule has 1 saturated heterocycles. The average molecular weight is 263 g/mol. The summed E-state index contributed by atoms with van der Waals surface area (Å²) in [6.45, 7) is 0. The number of amides is 2. The number of hydrogen-bond acceptors (Lipinski definition) is 2. The van der Waals surface area contributed by atoms with Gasteiger partial charge in [-0.3, -0.25) is 9.59 Å². The van der Waals surface area contributed by atoms with E-state index in [9.17, 15) is 9.59 Å². The lowest BCUT2D eigenvalue weighted by atomic mass is 9.85. The maximum absolute atomic E-state index is 12.6. The Morgan fingerprint density at radius 3 is 2.35 bits per heavy atom. The first kappa shape index (κ1) is 11.5. The van der Waals surface area contributed by atoms with Gasteiger partial charge in [0.15, 0.2) is 0 Å². The van der Waals surface area contributed by atoms with E-state index in [1.807, 2.05) is 0 Å². The third kappa shape index (κ3) is 1.31. The van der Waals surface area contributed by atoms with Gasteiger partial charge in [-0.15, -0.1) is 6.42 Å². The third-order valence-corrected chi connectivity index (χ3v) is 4.74. The number of carbonyl (C=O) groups is 2. The summed E-state index contributed by atoms with van der Waals surface area (Å²) in [5.74, 6) is 2.57. The molecule has 1 saturated carbocycles. The van der Waals surface area contributed by atoms with Crippen LogP contribution in [0.3, 0.4) is 0 Å². The van der Waals surface area contributed by atoms with Gasteiger partial charge >= 0.3 is 0 Å². The predicted molar refractivity (Wildman–Crippen MR) is 74.6 cm³/mol. The topological polar surface area (TPSA) is 37.4 Å². The molecule has 0 radical (unpaired) electrons. The average Bonchev–Trinajstić information content (AvgIpc) is 3.13.